The van der Waals surface area contributed by atoms with Crippen LogP contribution in [-0.4, -0.2) is 19.9 Å². The van der Waals surface area contributed by atoms with Gasteiger partial charge in [-0.05, 0) is 38.0 Å². The van der Waals surface area contributed by atoms with Gasteiger partial charge in [-0.3, -0.25) is 4.79 Å². The van der Waals surface area contributed by atoms with Gasteiger partial charge in [0.1, 0.15) is 26.8 Å². The van der Waals surface area contributed by atoms with Gasteiger partial charge in [0, 0.05) is 15.1 Å². The summed E-state index contributed by atoms with van der Waals surface area (Å²) in [7, 11) is 0. The Bertz CT molecular complexity index is 1440. The van der Waals surface area contributed by atoms with Crippen molar-refractivity contribution in [1.82, 2.24) is 19.9 Å². The molecule has 0 radical (unpaired) electrons. The second kappa shape index (κ2) is 7.61. The number of nitrogens with one attached hydrogen (secondary N) is 1. The molecule has 0 aliphatic rings. The summed E-state index contributed by atoms with van der Waals surface area (Å²) in [6, 6.07) is 12.4. The highest BCUT2D eigenvalue weighted by atomic mass is 32.2. The van der Waals surface area contributed by atoms with Gasteiger partial charge in [-0.25, -0.2) is 15.0 Å². The molecule has 5 rings (SSSR count). The monoisotopic (exact) mass is 450 g/mol. The van der Waals surface area contributed by atoms with Gasteiger partial charge >= 0.3 is 0 Å². The smallest absolute Gasteiger partial charge is 0.259 e. The average Bonchev–Trinajstić information content (AvgIpc) is 3.30. The molecule has 1 unspecified atom stereocenters. The molecule has 0 aliphatic carbocycles. The third-order valence-corrected chi connectivity index (χ3v) is 8.40. The molecule has 4 heterocycles. The number of hydrogen-bond acceptors (Lipinski definition) is 7. The summed E-state index contributed by atoms with van der Waals surface area (Å²) in [5.41, 5.74) is 2.11. The third kappa shape index (κ3) is 3.34. The Labute approximate surface area is 185 Å². The van der Waals surface area contributed by atoms with Gasteiger partial charge in [-0.2, -0.15) is 0 Å². The van der Waals surface area contributed by atoms with Crippen molar-refractivity contribution in [2.75, 3.05) is 0 Å². The van der Waals surface area contributed by atoms with Crippen molar-refractivity contribution in [3.8, 4) is 10.4 Å². The normalized spacial score (nSPS) is 12.6. The molecule has 0 saturated heterocycles. The van der Waals surface area contributed by atoms with Crippen molar-refractivity contribution >= 4 is 54.9 Å². The lowest BCUT2D eigenvalue weighted by atomic mass is 10.2. The molecule has 30 heavy (non-hydrogen) atoms. The summed E-state index contributed by atoms with van der Waals surface area (Å²) in [6.45, 7) is 6.04. The van der Waals surface area contributed by atoms with Gasteiger partial charge in [0.2, 0.25) is 0 Å². The minimum Gasteiger partial charge on any atom is -0.309 e. The minimum atomic E-state index is -0.0703. The second-order valence-electron chi connectivity index (χ2n) is 7.05. The fourth-order valence-electron chi connectivity index (χ4n) is 3.36. The number of aryl methyl sites for hydroxylation is 2. The summed E-state index contributed by atoms with van der Waals surface area (Å²) in [5, 5.41) is 2.58. The largest absolute Gasteiger partial charge is 0.309 e. The molecule has 8 heteroatoms. The van der Waals surface area contributed by atoms with Crippen molar-refractivity contribution in [3.05, 3.63) is 69.3 Å². The Morgan fingerprint density at radius 3 is 2.67 bits per heavy atom. The first-order valence-corrected chi connectivity index (χ1v) is 12.0. The van der Waals surface area contributed by atoms with Gasteiger partial charge in [0.05, 0.1) is 10.6 Å². The molecule has 1 N–H and O–H groups in total. The number of thioether (sulfide) groups is 1. The highest BCUT2D eigenvalue weighted by Gasteiger charge is 2.18. The van der Waals surface area contributed by atoms with Gasteiger partial charge in [-0.1, -0.05) is 42.1 Å². The SMILES string of the molecule is Cc1sc2nc(C(C)Sc3ncnc4sc(-c5ccccc5)cc34)[nH]c(=O)c2c1C. The predicted octanol–water partition coefficient (Wildman–Crippen LogP) is 6.13. The van der Waals surface area contributed by atoms with E-state index in [2.05, 4.69) is 33.2 Å². The van der Waals surface area contributed by atoms with E-state index in [0.29, 0.717) is 11.2 Å². The number of benzene rings is 1. The van der Waals surface area contributed by atoms with Crippen LogP contribution < -0.4 is 5.56 Å². The fourth-order valence-corrected chi connectivity index (χ4v) is 6.41. The third-order valence-electron chi connectivity index (χ3n) is 5.08. The van der Waals surface area contributed by atoms with Crippen molar-refractivity contribution in [3.63, 3.8) is 0 Å². The van der Waals surface area contributed by atoms with Crippen molar-refractivity contribution in [2.24, 2.45) is 0 Å². The summed E-state index contributed by atoms with van der Waals surface area (Å²) in [6.07, 6.45) is 1.61. The summed E-state index contributed by atoms with van der Waals surface area (Å²) >= 11 is 4.82. The van der Waals surface area contributed by atoms with Gasteiger partial charge in [0.25, 0.3) is 5.56 Å². The lowest BCUT2D eigenvalue weighted by molar-refractivity contribution is 0.921. The zero-order valence-electron chi connectivity index (χ0n) is 16.6. The van der Waals surface area contributed by atoms with Crippen molar-refractivity contribution < 1.29 is 0 Å². The zero-order valence-corrected chi connectivity index (χ0v) is 19.0. The van der Waals surface area contributed by atoms with E-state index in [9.17, 15) is 4.79 Å². The van der Waals surface area contributed by atoms with Crippen molar-refractivity contribution in [1.29, 1.82) is 0 Å². The number of rotatable bonds is 4. The Morgan fingerprint density at radius 2 is 1.87 bits per heavy atom. The first kappa shape index (κ1) is 19.4. The van der Waals surface area contributed by atoms with Crippen LogP contribution in [0.1, 0.15) is 28.4 Å². The number of thiophene rings is 2. The fraction of sp³-hybridized carbons (Fsp3) is 0.182. The summed E-state index contributed by atoms with van der Waals surface area (Å²) in [5.74, 6) is 0.670. The molecule has 1 aromatic carbocycles. The number of aromatic amines is 1. The van der Waals surface area contributed by atoms with E-state index in [0.717, 1.165) is 35.4 Å². The quantitative estimate of drug-likeness (QED) is 0.263. The van der Waals surface area contributed by atoms with E-state index in [1.54, 1.807) is 40.8 Å². The van der Waals surface area contributed by atoms with Crippen LogP contribution in [0.15, 0.2) is 52.5 Å². The number of hydrogen-bond donors (Lipinski definition) is 1. The maximum atomic E-state index is 12.6. The van der Waals surface area contributed by atoms with Crippen LogP contribution in [-0.2, 0) is 0 Å². The molecule has 0 bridgehead atoms. The van der Waals surface area contributed by atoms with Crippen LogP contribution in [0.25, 0.3) is 30.9 Å². The van der Waals surface area contributed by atoms with Crippen molar-refractivity contribution in [2.45, 2.75) is 31.0 Å². The molecule has 0 spiro atoms. The maximum absolute atomic E-state index is 12.6. The highest BCUT2D eigenvalue weighted by Crippen LogP contribution is 2.40. The topological polar surface area (TPSA) is 71.5 Å². The van der Waals surface area contributed by atoms with Crippen LogP contribution in [0.2, 0.25) is 0 Å². The van der Waals surface area contributed by atoms with Gasteiger partial charge in [-0.15, -0.1) is 22.7 Å². The van der Waals surface area contributed by atoms with E-state index >= 15 is 0 Å². The van der Waals surface area contributed by atoms with Crippen LogP contribution in [0.4, 0.5) is 0 Å². The molecule has 5 aromatic rings. The molecule has 0 aliphatic heterocycles. The molecule has 0 amide bonds. The minimum absolute atomic E-state index is 0.0528. The van der Waals surface area contributed by atoms with E-state index in [1.807, 2.05) is 39.0 Å². The second-order valence-corrected chi connectivity index (χ2v) is 10.6. The van der Waals surface area contributed by atoms with E-state index in [4.69, 9.17) is 4.98 Å². The van der Waals surface area contributed by atoms with E-state index < -0.39 is 0 Å². The summed E-state index contributed by atoms with van der Waals surface area (Å²) in [4.78, 5) is 33.4. The Balaban J connectivity index is 1.52. The van der Waals surface area contributed by atoms with Crippen LogP contribution in [0.3, 0.4) is 0 Å². The first-order valence-electron chi connectivity index (χ1n) is 9.48. The molecular weight excluding hydrogens is 432 g/mol. The molecule has 1 atom stereocenters. The lowest BCUT2D eigenvalue weighted by Crippen LogP contribution is -2.12. The summed E-state index contributed by atoms with van der Waals surface area (Å²) < 4.78 is 0. The van der Waals surface area contributed by atoms with Crippen LogP contribution >= 0.6 is 34.4 Å². The average molecular weight is 451 g/mol. The van der Waals surface area contributed by atoms with Gasteiger partial charge in [0.15, 0.2) is 0 Å². The van der Waals surface area contributed by atoms with Crippen LogP contribution in [0, 0.1) is 13.8 Å². The molecule has 0 fully saturated rings. The molecule has 150 valence electrons. The predicted molar refractivity (Wildman–Crippen MR) is 127 cm³/mol. The Morgan fingerprint density at radius 1 is 1.07 bits per heavy atom. The first-order chi connectivity index (χ1) is 14.5. The Kier molecular flexibility index (Phi) is 4.92. The van der Waals surface area contributed by atoms with Gasteiger partial charge < -0.3 is 4.98 Å². The molecule has 0 saturated carbocycles. The van der Waals surface area contributed by atoms with E-state index in [1.165, 1.54) is 5.56 Å². The molecular formula is C22H18N4OS3. The number of nitrogens with zero attached hydrogens (tertiary/aromatic N) is 3. The number of aromatic nitrogens is 4. The molecule has 4 aromatic heterocycles. The molecule has 5 nitrogen and oxygen atoms in total. The standard InChI is InChI=1S/C22H18N4OS3/c1-11-12(2)28-22-17(11)19(27)25-18(26-22)13(3)29-20-15-9-16(14-7-5-4-6-8-14)30-21(15)24-10-23-20/h4-10,13H,1-3H3,(H,25,26,27). The number of fused-ring (bicyclic) bond motifs is 2. The van der Waals surface area contributed by atoms with E-state index in [-0.39, 0.29) is 10.8 Å². The Hall–Kier alpha value is -2.55. The lowest BCUT2D eigenvalue weighted by Gasteiger charge is -2.10. The highest BCUT2D eigenvalue weighted by molar-refractivity contribution is 7.99. The number of H-pyrrole nitrogens is 1. The van der Waals surface area contributed by atoms with Crippen LogP contribution in [0.5, 0.6) is 0 Å². The zero-order chi connectivity index (χ0) is 20.8. The maximum Gasteiger partial charge on any atom is 0.259 e.